The minimum atomic E-state index is -2.94. The van der Waals surface area contributed by atoms with Gasteiger partial charge in [-0.3, -0.25) is 0 Å². The SMILES string of the molecule is COc1ccc(CO[C@H](COC(=O)c2ccccc2)[C@H](CO[Si](c2ccccc2)(c2ccccc2)C(C)(C)C)N=[N+]=[N-])cc1. The number of hydrogen-bond donors (Lipinski definition) is 0. The molecule has 0 fully saturated rings. The molecule has 0 unspecified atom stereocenters. The molecule has 0 aliphatic carbocycles. The zero-order valence-electron chi connectivity index (χ0n) is 25.6. The molecule has 0 saturated carbocycles. The van der Waals surface area contributed by atoms with Gasteiger partial charge >= 0.3 is 5.97 Å². The van der Waals surface area contributed by atoms with Gasteiger partial charge in [-0.05, 0) is 50.8 Å². The highest BCUT2D eigenvalue weighted by Crippen LogP contribution is 2.37. The van der Waals surface area contributed by atoms with Crippen LogP contribution in [0.15, 0.2) is 120 Å². The molecule has 0 aromatic heterocycles. The van der Waals surface area contributed by atoms with Crippen molar-refractivity contribution in [3.8, 4) is 5.75 Å². The predicted octanol–water partition coefficient (Wildman–Crippen LogP) is 6.69. The number of methoxy groups -OCH3 is 1. The first-order chi connectivity index (χ1) is 21.3. The van der Waals surface area contributed by atoms with Gasteiger partial charge in [0.25, 0.3) is 8.32 Å². The Labute approximate surface area is 260 Å². The molecule has 0 amide bonds. The monoisotopic (exact) mass is 609 g/mol. The van der Waals surface area contributed by atoms with E-state index in [2.05, 4.69) is 55.1 Å². The molecule has 2 atom stereocenters. The van der Waals surface area contributed by atoms with Crippen molar-refractivity contribution >= 4 is 24.7 Å². The number of azide groups is 1. The molecule has 9 heteroatoms. The number of hydrogen-bond acceptors (Lipinski definition) is 6. The first-order valence-electron chi connectivity index (χ1n) is 14.5. The van der Waals surface area contributed by atoms with Crippen molar-refractivity contribution in [3.05, 3.63) is 137 Å². The first kappa shape index (κ1) is 32.5. The van der Waals surface area contributed by atoms with E-state index < -0.39 is 26.4 Å². The van der Waals surface area contributed by atoms with E-state index >= 15 is 0 Å². The fraction of sp³-hybridized carbons (Fsp3) is 0.286. The molecule has 8 nitrogen and oxygen atoms in total. The van der Waals surface area contributed by atoms with E-state index in [9.17, 15) is 10.3 Å². The lowest BCUT2D eigenvalue weighted by molar-refractivity contribution is -0.0329. The third-order valence-electron chi connectivity index (χ3n) is 7.53. The number of carbonyl (C=O) groups excluding carboxylic acids is 1. The second-order valence-corrected chi connectivity index (χ2v) is 15.7. The number of nitrogens with zero attached hydrogens (tertiary/aromatic N) is 3. The average Bonchev–Trinajstić information content (AvgIpc) is 3.05. The highest BCUT2D eigenvalue weighted by Gasteiger charge is 2.50. The zero-order valence-corrected chi connectivity index (χ0v) is 26.6. The summed E-state index contributed by atoms with van der Waals surface area (Å²) in [5.41, 5.74) is 11.0. The van der Waals surface area contributed by atoms with E-state index in [1.54, 1.807) is 31.4 Å². The highest BCUT2D eigenvalue weighted by molar-refractivity contribution is 6.99. The Kier molecular flexibility index (Phi) is 11.3. The standard InChI is InChI=1S/C35H39N3O5Si/c1-35(2,3)44(30-16-10-6-11-17-30,31-18-12-7-13-19-31)43-25-32(37-38-36)33(26-42-34(39)28-14-8-5-9-15-28)41-24-27-20-22-29(40-4)23-21-27/h5-23,32-33H,24-26H2,1-4H3/t32-,33+/m0/s1. The third-order valence-corrected chi connectivity index (χ3v) is 12.5. The Bertz CT molecular complexity index is 1470. The minimum Gasteiger partial charge on any atom is -0.497 e. The smallest absolute Gasteiger partial charge is 0.338 e. The maximum Gasteiger partial charge on any atom is 0.338 e. The second-order valence-electron chi connectivity index (χ2n) is 11.4. The average molecular weight is 610 g/mol. The molecule has 0 bridgehead atoms. The molecular formula is C35H39N3O5Si. The van der Waals surface area contributed by atoms with E-state index in [1.165, 1.54) is 0 Å². The van der Waals surface area contributed by atoms with E-state index in [0.29, 0.717) is 5.56 Å². The van der Waals surface area contributed by atoms with E-state index in [1.807, 2.05) is 66.7 Å². The molecule has 0 heterocycles. The molecule has 0 aliphatic rings. The summed E-state index contributed by atoms with van der Waals surface area (Å²) in [6.45, 7) is 6.68. The number of rotatable bonds is 14. The van der Waals surface area contributed by atoms with Gasteiger partial charge in [-0.2, -0.15) is 0 Å². The lowest BCUT2D eigenvalue weighted by Gasteiger charge is -2.43. The van der Waals surface area contributed by atoms with Crippen molar-refractivity contribution in [1.29, 1.82) is 0 Å². The van der Waals surface area contributed by atoms with Gasteiger partial charge in [-0.1, -0.05) is 117 Å². The summed E-state index contributed by atoms with van der Waals surface area (Å²) in [6.07, 6.45) is -0.779. The minimum absolute atomic E-state index is 0.0630. The van der Waals surface area contributed by atoms with Gasteiger partial charge in [0.1, 0.15) is 18.5 Å². The summed E-state index contributed by atoms with van der Waals surface area (Å²) in [5, 5.41) is 6.05. The molecule has 0 saturated heterocycles. The van der Waals surface area contributed by atoms with Crippen LogP contribution in [0.3, 0.4) is 0 Å². The molecule has 4 aromatic rings. The van der Waals surface area contributed by atoms with Crippen molar-refractivity contribution < 1.29 is 23.4 Å². The van der Waals surface area contributed by atoms with Gasteiger partial charge < -0.3 is 18.6 Å². The van der Waals surface area contributed by atoms with Gasteiger partial charge in [0.2, 0.25) is 0 Å². The van der Waals surface area contributed by atoms with Gasteiger partial charge in [0, 0.05) is 11.5 Å². The lowest BCUT2D eigenvalue weighted by Crippen LogP contribution is -2.67. The first-order valence-corrected chi connectivity index (χ1v) is 16.4. The van der Waals surface area contributed by atoms with Crippen LogP contribution in [-0.2, 0) is 20.5 Å². The molecule has 0 aliphatic heterocycles. The summed E-state index contributed by atoms with van der Waals surface area (Å²) in [5.74, 6) is 0.240. The maximum atomic E-state index is 12.9. The second kappa shape index (κ2) is 15.4. The van der Waals surface area contributed by atoms with Crippen molar-refractivity contribution in [1.82, 2.24) is 0 Å². The Morgan fingerprint density at radius 1 is 0.818 bits per heavy atom. The molecule has 0 spiro atoms. The summed E-state index contributed by atoms with van der Waals surface area (Å²) in [4.78, 5) is 16.0. The number of benzene rings is 4. The summed E-state index contributed by atoms with van der Waals surface area (Å²) in [7, 11) is -1.33. The number of ether oxygens (including phenoxy) is 3. The van der Waals surface area contributed by atoms with Crippen molar-refractivity contribution in [2.24, 2.45) is 5.11 Å². The molecule has 0 N–H and O–H groups in total. The fourth-order valence-corrected chi connectivity index (χ4v) is 9.84. The lowest BCUT2D eigenvalue weighted by atomic mass is 10.2. The van der Waals surface area contributed by atoms with Crippen LogP contribution in [0.2, 0.25) is 5.04 Å². The molecule has 44 heavy (non-hydrogen) atoms. The molecular weight excluding hydrogens is 570 g/mol. The zero-order chi connectivity index (χ0) is 31.4. The Morgan fingerprint density at radius 3 is 1.86 bits per heavy atom. The van der Waals surface area contributed by atoms with Crippen LogP contribution in [0.4, 0.5) is 0 Å². The predicted molar refractivity (Wildman–Crippen MR) is 175 cm³/mol. The van der Waals surface area contributed by atoms with Crippen LogP contribution in [0.5, 0.6) is 5.75 Å². The molecule has 228 valence electrons. The number of carbonyl (C=O) groups is 1. The van der Waals surface area contributed by atoms with E-state index in [-0.39, 0.29) is 24.9 Å². The van der Waals surface area contributed by atoms with Crippen LogP contribution >= 0.6 is 0 Å². The van der Waals surface area contributed by atoms with Gasteiger partial charge in [0.15, 0.2) is 0 Å². The van der Waals surface area contributed by atoms with Crippen molar-refractivity contribution in [3.63, 3.8) is 0 Å². The van der Waals surface area contributed by atoms with Crippen LogP contribution in [0, 0.1) is 0 Å². The Balaban J connectivity index is 1.66. The van der Waals surface area contributed by atoms with E-state index in [0.717, 1.165) is 21.7 Å². The van der Waals surface area contributed by atoms with Crippen LogP contribution in [0.25, 0.3) is 10.4 Å². The van der Waals surface area contributed by atoms with Crippen molar-refractivity contribution in [2.75, 3.05) is 20.3 Å². The normalized spacial score (nSPS) is 12.9. The summed E-state index contributed by atoms with van der Waals surface area (Å²) in [6, 6.07) is 35.9. The number of esters is 1. The highest BCUT2D eigenvalue weighted by atomic mass is 28.4. The molecule has 0 radical (unpaired) electrons. The van der Waals surface area contributed by atoms with E-state index in [4.69, 9.17) is 18.6 Å². The Morgan fingerprint density at radius 2 is 1.36 bits per heavy atom. The topological polar surface area (TPSA) is 103 Å². The quantitative estimate of drug-likeness (QED) is 0.0521. The van der Waals surface area contributed by atoms with Gasteiger partial charge in [-0.15, -0.1) is 0 Å². The summed E-state index contributed by atoms with van der Waals surface area (Å²) < 4.78 is 24.4. The largest absolute Gasteiger partial charge is 0.497 e. The summed E-state index contributed by atoms with van der Waals surface area (Å²) >= 11 is 0. The van der Waals surface area contributed by atoms with Gasteiger partial charge in [-0.25, -0.2) is 4.79 Å². The van der Waals surface area contributed by atoms with Gasteiger partial charge in [0.05, 0.1) is 25.3 Å². The molecule has 4 aromatic carbocycles. The van der Waals surface area contributed by atoms with Crippen LogP contribution < -0.4 is 15.1 Å². The van der Waals surface area contributed by atoms with Crippen LogP contribution in [0.1, 0.15) is 36.7 Å². The fourth-order valence-electron chi connectivity index (χ4n) is 5.26. The molecule has 4 rings (SSSR count). The third kappa shape index (κ3) is 7.95. The van der Waals surface area contributed by atoms with Crippen molar-refractivity contribution in [2.45, 2.75) is 44.6 Å². The Hall–Kier alpha value is -4.40. The van der Waals surface area contributed by atoms with Crippen LogP contribution in [-0.4, -0.2) is 46.8 Å². The maximum absolute atomic E-state index is 12.9.